The molecule has 2 aromatic rings. The van der Waals surface area contributed by atoms with Crippen LogP contribution in [0.2, 0.25) is 0 Å². The molecule has 2 rings (SSSR count). The summed E-state index contributed by atoms with van der Waals surface area (Å²) in [6, 6.07) is 7.93. The summed E-state index contributed by atoms with van der Waals surface area (Å²) in [5, 5.41) is 4.34. The Morgan fingerprint density at radius 1 is 1.44 bits per heavy atom. The molecule has 0 aliphatic rings. The van der Waals surface area contributed by atoms with Crippen molar-refractivity contribution >= 4 is 22.3 Å². The first-order valence-corrected chi connectivity index (χ1v) is 5.20. The molecule has 3 heteroatoms. The molecule has 0 saturated carbocycles. The van der Waals surface area contributed by atoms with Crippen LogP contribution in [-0.2, 0) is 0 Å². The molecule has 0 saturated heterocycles. The molecule has 3 nitrogen and oxygen atoms in total. The zero-order valence-corrected chi connectivity index (χ0v) is 9.33. The van der Waals surface area contributed by atoms with Gasteiger partial charge in [0.05, 0.1) is 23.1 Å². The summed E-state index contributed by atoms with van der Waals surface area (Å²) in [7, 11) is 0. The fourth-order valence-electron chi connectivity index (χ4n) is 1.59. The third kappa shape index (κ3) is 1.98. The Bertz CT molecular complexity index is 532. The molecule has 1 aromatic heterocycles. The van der Waals surface area contributed by atoms with Crippen molar-refractivity contribution in [1.29, 1.82) is 0 Å². The number of nitrogens with two attached hydrogens (primary N) is 1. The van der Waals surface area contributed by atoms with Gasteiger partial charge in [-0.25, -0.2) is 0 Å². The van der Waals surface area contributed by atoms with Crippen LogP contribution < -0.4 is 11.1 Å². The number of anilines is 2. The van der Waals surface area contributed by atoms with Crippen LogP contribution in [0.3, 0.4) is 0 Å². The van der Waals surface area contributed by atoms with Crippen molar-refractivity contribution in [3.63, 3.8) is 0 Å². The Balaban J connectivity index is 2.48. The van der Waals surface area contributed by atoms with Crippen molar-refractivity contribution in [1.82, 2.24) is 4.98 Å². The summed E-state index contributed by atoms with van der Waals surface area (Å²) >= 11 is 0. The maximum Gasteiger partial charge on any atom is 0.0743 e. The number of benzene rings is 1. The van der Waals surface area contributed by atoms with Crippen LogP contribution in [0.4, 0.5) is 11.4 Å². The number of para-hydroxylation sites is 1. The van der Waals surface area contributed by atoms with Gasteiger partial charge in [0.1, 0.15) is 0 Å². The zero-order valence-electron chi connectivity index (χ0n) is 9.33. The van der Waals surface area contributed by atoms with Crippen LogP contribution in [-0.4, -0.2) is 11.5 Å². The van der Waals surface area contributed by atoms with Gasteiger partial charge in [0.2, 0.25) is 0 Å². The van der Waals surface area contributed by atoms with Crippen molar-refractivity contribution in [3.8, 4) is 0 Å². The smallest absolute Gasteiger partial charge is 0.0743 e. The van der Waals surface area contributed by atoms with Gasteiger partial charge in [-0.05, 0) is 13.0 Å². The first-order chi connectivity index (χ1) is 7.68. The van der Waals surface area contributed by atoms with Crippen LogP contribution in [0.1, 0.15) is 6.92 Å². The summed E-state index contributed by atoms with van der Waals surface area (Å²) in [4.78, 5) is 4.28. The van der Waals surface area contributed by atoms with Crippen LogP contribution in [0.25, 0.3) is 10.9 Å². The lowest BCUT2D eigenvalue weighted by Crippen LogP contribution is -2.05. The minimum Gasteiger partial charge on any atom is -0.396 e. The lowest BCUT2D eigenvalue weighted by atomic mass is 10.1. The average molecular weight is 213 g/mol. The van der Waals surface area contributed by atoms with Gasteiger partial charge in [0.15, 0.2) is 0 Å². The highest BCUT2D eigenvalue weighted by molar-refractivity contribution is 5.96. The van der Waals surface area contributed by atoms with E-state index in [1.807, 2.05) is 31.2 Å². The summed E-state index contributed by atoms with van der Waals surface area (Å²) in [6.45, 7) is 6.56. The maximum atomic E-state index is 5.92. The Kier molecular flexibility index (Phi) is 2.77. The van der Waals surface area contributed by atoms with E-state index in [9.17, 15) is 0 Å². The molecule has 0 amide bonds. The number of nitrogens with one attached hydrogen (secondary N) is 1. The number of hydrogen-bond donors (Lipinski definition) is 2. The van der Waals surface area contributed by atoms with E-state index in [1.165, 1.54) is 0 Å². The molecule has 82 valence electrons. The van der Waals surface area contributed by atoms with E-state index in [0.717, 1.165) is 28.7 Å². The predicted molar refractivity (Wildman–Crippen MR) is 69.5 cm³/mol. The van der Waals surface area contributed by atoms with Crippen molar-refractivity contribution in [2.24, 2.45) is 0 Å². The second-order valence-electron chi connectivity index (χ2n) is 3.92. The minimum atomic E-state index is 0.667. The van der Waals surface area contributed by atoms with Gasteiger partial charge in [-0.2, -0.15) is 0 Å². The fourth-order valence-corrected chi connectivity index (χ4v) is 1.59. The van der Waals surface area contributed by atoms with Gasteiger partial charge < -0.3 is 11.1 Å². The molecular weight excluding hydrogens is 198 g/mol. The van der Waals surface area contributed by atoms with Gasteiger partial charge >= 0.3 is 0 Å². The Morgan fingerprint density at radius 2 is 2.19 bits per heavy atom. The summed E-state index contributed by atoms with van der Waals surface area (Å²) in [6.07, 6.45) is 1.68. The maximum absolute atomic E-state index is 5.92. The molecular formula is C13H15N3. The van der Waals surface area contributed by atoms with Crippen molar-refractivity contribution in [2.75, 3.05) is 17.6 Å². The molecule has 0 fully saturated rings. The van der Waals surface area contributed by atoms with E-state index in [0.29, 0.717) is 5.69 Å². The number of nitrogen functional groups attached to an aromatic ring is 1. The molecule has 0 atom stereocenters. The highest BCUT2D eigenvalue weighted by Crippen LogP contribution is 2.27. The van der Waals surface area contributed by atoms with Crippen molar-refractivity contribution in [3.05, 3.63) is 42.6 Å². The Labute approximate surface area is 95.0 Å². The topological polar surface area (TPSA) is 50.9 Å². The van der Waals surface area contributed by atoms with E-state index in [-0.39, 0.29) is 0 Å². The van der Waals surface area contributed by atoms with Gasteiger partial charge in [-0.3, -0.25) is 4.98 Å². The number of hydrogen-bond acceptors (Lipinski definition) is 3. The van der Waals surface area contributed by atoms with Gasteiger partial charge in [-0.1, -0.05) is 30.4 Å². The molecule has 0 bridgehead atoms. The van der Waals surface area contributed by atoms with Crippen molar-refractivity contribution < 1.29 is 0 Å². The lowest BCUT2D eigenvalue weighted by molar-refractivity contribution is 1.22. The monoisotopic (exact) mass is 213 g/mol. The number of pyridine rings is 1. The van der Waals surface area contributed by atoms with Gasteiger partial charge in [0.25, 0.3) is 0 Å². The zero-order chi connectivity index (χ0) is 11.5. The van der Waals surface area contributed by atoms with E-state index in [1.54, 1.807) is 6.20 Å². The average Bonchev–Trinajstić information content (AvgIpc) is 2.27. The largest absolute Gasteiger partial charge is 0.396 e. The summed E-state index contributed by atoms with van der Waals surface area (Å²) in [5.41, 5.74) is 9.54. The normalized spacial score (nSPS) is 10.3. The third-order valence-electron chi connectivity index (χ3n) is 2.37. The van der Waals surface area contributed by atoms with E-state index >= 15 is 0 Å². The van der Waals surface area contributed by atoms with E-state index < -0.39 is 0 Å². The minimum absolute atomic E-state index is 0.667. The second kappa shape index (κ2) is 4.23. The molecule has 3 N–H and O–H groups in total. The molecule has 0 unspecified atom stereocenters. The van der Waals surface area contributed by atoms with Crippen molar-refractivity contribution in [2.45, 2.75) is 6.92 Å². The first kappa shape index (κ1) is 10.5. The van der Waals surface area contributed by atoms with Crippen LogP contribution in [0.15, 0.2) is 42.6 Å². The lowest BCUT2D eigenvalue weighted by Gasteiger charge is -2.11. The molecule has 1 heterocycles. The van der Waals surface area contributed by atoms with Gasteiger partial charge in [-0.15, -0.1) is 0 Å². The second-order valence-corrected chi connectivity index (χ2v) is 3.92. The summed E-state index contributed by atoms with van der Waals surface area (Å²) < 4.78 is 0. The van der Waals surface area contributed by atoms with Crippen LogP contribution in [0.5, 0.6) is 0 Å². The molecule has 16 heavy (non-hydrogen) atoms. The molecule has 1 aromatic carbocycles. The number of fused-ring (bicyclic) bond motifs is 1. The van der Waals surface area contributed by atoms with Gasteiger partial charge in [0, 0.05) is 11.9 Å². The fraction of sp³-hybridized carbons (Fsp3) is 0.154. The first-order valence-electron chi connectivity index (χ1n) is 5.20. The van der Waals surface area contributed by atoms with E-state index in [2.05, 4.69) is 16.9 Å². The third-order valence-corrected chi connectivity index (χ3v) is 2.37. The van der Waals surface area contributed by atoms with Crippen LogP contribution in [0, 0.1) is 0 Å². The number of nitrogens with zero attached hydrogens (tertiary/aromatic N) is 1. The quantitative estimate of drug-likeness (QED) is 0.771. The van der Waals surface area contributed by atoms with Crippen LogP contribution >= 0.6 is 0 Å². The molecule has 0 aliphatic heterocycles. The molecule has 0 spiro atoms. The molecule has 0 aliphatic carbocycles. The Hall–Kier alpha value is -2.03. The number of rotatable bonds is 3. The SMILES string of the molecule is C=C(C)CNc1c(N)cnc2ccccc12. The highest BCUT2D eigenvalue weighted by Gasteiger charge is 2.05. The van der Waals surface area contributed by atoms with E-state index in [4.69, 9.17) is 5.73 Å². The molecule has 0 radical (unpaired) electrons. The number of aromatic nitrogens is 1. The standard InChI is InChI=1S/C13H15N3/c1-9(2)7-16-13-10-5-3-4-6-12(10)15-8-11(13)14/h3-6,8H,1,7,14H2,2H3,(H,15,16). The Morgan fingerprint density at radius 3 is 2.94 bits per heavy atom. The predicted octanol–water partition coefficient (Wildman–Crippen LogP) is 2.81. The highest BCUT2D eigenvalue weighted by atomic mass is 14.9. The summed E-state index contributed by atoms with van der Waals surface area (Å²) in [5.74, 6) is 0.